The number of hydrogen-bond donors (Lipinski definition) is 1. The summed E-state index contributed by atoms with van der Waals surface area (Å²) in [5.74, 6) is 0. The van der Waals surface area contributed by atoms with Gasteiger partial charge in [-0.2, -0.15) is 0 Å². The molecule has 0 bridgehead atoms. The van der Waals surface area contributed by atoms with E-state index in [-0.39, 0.29) is 11.9 Å². The lowest BCUT2D eigenvalue weighted by atomic mass is 10.2. The zero-order chi connectivity index (χ0) is 10.5. The third-order valence-electron chi connectivity index (χ3n) is 0.940. The van der Waals surface area contributed by atoms with Gasteiger partial charge >= 0.3 is 0 Å². The smallest absolute Gasteiger partial charge is 0.0967 e. The van der Waals surface area contributed by atoms with Crippen molar-refractivity contribution in [2.24, 2.45) is 0 Å². The van der Waals surface area contributed by atoms with E-state index in [1.54, 1.807) is 6.92 Å². The van der Waals surface area contributed by atoms with Crippen LogP contribution in [-0.2, 0) is 0 Å². The molecular weight excluding hydrogens is 207 g/mol. The molecule has 76 valence electrons. The minimum Gasteiger partial charge on any atom is -0.397 e. The lowest BCUT2D eigenvalue weighted by molar-refractivity contribution is 0.318. The first-order valence-electron chi connectivity index (χ1n) is 3.97. The number of alkyl halides is 2. The second-order valence-electron chi connectivity index (χ2n) is 2.07. The van der Waals surface area contributed by atoms with Crippen LogP contribution < -0.4 is 0 Å². The molecule has 1 N–H and O–H groups in total. The number of rotatable bonds is 0. The Kier molecular flexibility index (Phi) is 16.8. The summed E-state index contributed by atoms with van der Waals surface area (Å²) >= 11 is 9.53. The maximum atomic E-state index is 7.57. The van der Waals surface area contributed by atoms with Gasteiger partial charge in [0.2, 0.25) is 0 Å². The summed E-state index contributed by atoms with van der Waals surface area (Å²) in [7, 11) is 0. The molecule has 0 atom stereocenters. The first-order chi connectivity index (χ1) is 6.22. The van der Waals surface area contributed by atoms with Crippen molar-refractivity contribution in [3.05, 3.63) is 35.9 Å². The van der Waals surface area contributed by atoms with Gasteiger partial charge in [-0.1, -0.05) is 35.9 Å². The van der Waals surface area contributed by atoms with E-state index in [0.29, 0.717) is 0 Å². The molecule has 1 aromatic carbocycles. The quantitative estimate of drug-likeness (QED) is 0.668. The summed E-state index contributed by atoms with van der Waals surface area (Å²) < 4.78 is 0. The molecule has 13 heavy (non-hydrogen) atoms. The van der Waals surface area contributed by atoms with E-state index < -0.39 is 0 Å². The summed E-state index contributed by atoms with van der Waals surface area (Å²) in [4.78, 5) is 0. The topological polar surface area (TPSA) is 20.2 Å². The second-order valence-corrected chi connectivity index (χ2v) is 2.88. The van der Waals surface area contributed by atoms with E-state index in [4.69, 9.17) is 28.3 Å². The molecule has 0 aliphatic carbocycles. The van der Waals surface area contributed by atoms with E-state index in [1.165, 1.54) is 5.56 Å². The highest BCUT2D eigenvalue weighted by atomic mass is 35.5. The van der Waals surface area contributed by atoms with E-state index in [9.17, 15) is 0 Å². The van der Waals surface area contributed by atoms with Gasteiger partial charge in [0.1, 0.15) is 0 Å². The molecular formula is C10H16Cl2O. The molecule has 1 rings (SSSR count). The second kappa shape index (κ2) is 14.3. The first-order valence-corrected chi connectivity index (χ1v) is 5.04. The Hall–Kier alpha value is -0.240. The number of benzene rings is 1. The largest absolute Gasteiger partial charge is 0.397 e. The van der Waals surface area contributed by atoms with Crippen molar-refractivity contribution in [2.75, 3.05) is 11.9 Å². The molecule has 0 unspecified atom stereocenters. The maximum absolute atomic E-state index is 7.57. The highest BCUT2D eigenvalue weighted by Gasteiger charge is 1.72. The standard InChI is InChI=1S/C7H8.C2H6O.CH2Cl2/c1-7-5-3-2-4-6-7;1-2-3;2-1-3/h2-6H,1H3;3H,2H2,1H3;1H2. The van der Waals surface area contributed by atoms with Gasteiger partial charge in [0.15, 0.2) is 0 Å². The number of hydrogen-bond acceptors (Lipinski definition) is 1. The molecule has 0 aliphatic heterocycles. The molecule has 3 heteroatoms. The molecule has 1 aromatic rings. The van der Waals surface area contributed by atoms with Gasteiger partial charge < -0.3 is 5.11 Å². The fourth-order valence-electron chi connectivity index (χ4n) is 0.534. The summed E-state index contributed by atoms with van der Waals surface area (Å²) in [6.45, 7) is 4.01. The number of aliphatic hydroxyl groups excluding tert-OH is 1. The van der Waals surface area contributed by atoms with Crippen LogP contribution in [-0.4, -0.2) is 17.1 Å². The number of aryl methyl sites for hydroxylation is 1. The van der Waals surface area contributed by atoms with Crippen LogP contribution in [0.3, 0.4) is 0 Å². The minimum absolute atomic E-state index is 0.194. The lowest BCUT2D eigenvalue weighted by Crippen LogP contribution is -1.62. The summed E-state index contributed by atoms with van der Waals surface area (Å²) in [6.07, 6.45) is 0. The van der Waals surface area contributed by atoms with Crippen molar-refractivity contribution in [1.82, 2.24) is 0 Å². The zero-order valence-electron chi connectivity index (χ0n) is 8.00. The molecule has 0 aliphatic rings. The van der Waals surface area contributed by atoms with Crippen LogP contribution in [0, 0.1) is 6.92 Å². The van der Waals surface area contributed by atoms with Gasteiger partial charge in [-0.05, 0) is 13.8 Å². The van der Waals surface area contributed by atoms with E-state index in [0.717, 1.165) is 0 Å². The summed E-state index contributed by atoms with van der Waals surface area (Å²) in [5.41, 5.74) is 1.32. The Labute approximate surface area is 90.3 Å². The highest BCUT2D eigenvalue weighted by Crippen LogP contribution is 1.92. The van der Waals surface area contributed by atoms with Gasteiger partial charge in [-0.15, -0.1) is 23.2 Å². The Morgan fingerprint density at radius 3 is 1.62 bits per heavy atom. The summed E-state index contributed by atoms with van der Waals surface area (Å²) in [6, 6.07) is 10.3. The number of halogens is 2. The van der Waals surface area contributed by atoms with E-state index in [1.807, 2.05) is 18.2 Å². The Morgan fingerprint density at radius 2 is 1.46 bits per heavy atom. The molecule has 0 heterocycles. The summed E-state index contributed by atoms with van der Waals surface area (Å²) in [5, 5.41) is 7.76. The highest BCUT2D eigenvalue weighted by molar-refractivity contribution is 6.40. The molecule has 0 amide bonds. The molecule has 0 saturated heterocycles. The molecule has 0 saturated carbocycles. The minimum atomic E-state index is 0.194. The number of aliphatic hydroxyl groups is 1. The van der Waals surface area contributed by atoms with E-state index in [2.05, 4.69) is 19.1 Å². The predicted octanol–water partition coefficient (Wildman–Crippen LogP) is 3.42. The van der Waals surface area contributed by atoms with Crippen molar-refractivity contribution < 1.29 is 5.11 Å². The van der Waals surface area contributed by atoms with Gasteiger partial charge in [0, 0.05) is 6.61 Å². The van der Waals surface area contributed by atoms with Gasteiger partial charge in [0.25, 0.3) is 0 Å². The molecule has 0 aromatic heterocycles. The SMILES string of the molecule is CCO.Cc1ccccc1.ClCCl. The Balaban J connectivity index is 0. The molecule has 0 radical (unpaired) electrons. The van der Waals surface area contributed by atoms with Crippen molar-refractivity contribution in [3.63, 3.8) is 0 Å². The van der Waals surface area contributed by atoms with Crippen molar-refractivity contribution in [1.29, 1.82) is 0 Å². The van der Waals surface area contributed by atoms with Crippen LogP contribution >= 0.6 is 23.2 Å². The first kappa shape index (κ1) is 15.2. The third kappa shape index (κ3) is 18.6. The van der Waals surface area contributed by atoms with Crippen LogP contribution in [0.2, 0.25) is 0 Å². The van der Waals surface area contributed by atoms with Crippen LogP contribution in [0.4, 0.5) is 0 Å². The Bertz CT molecular complexity index is 164. The normalized spacial score (nSPS) is 7.46. The van der Waals surface area contributed by atoms with Gasteiger partial charge in [0.05, 0.1) is 5.34 Å². The molecule has 0 fully saturated rings. The monoisotopic (exact) mass is 222 g/mol. The van der Waals surface area contributed by atoms with Gasteiger partial charge in [-0.3, -0.25) is 0 Å². The lowest BCUT2D eigenvalue weighted by Gasteiger charge is -1.82. The van der Waals surface area contributed by atoms with Crippen molar-refractivity contribution in [2.45, 2.75) is 13.8 Å². The average Bonchev–Trinajstić information content (AvgIpc) is 2.08. The average molecular weight is 223 g/mol. The van der Waals surface area contributed by atoms with Crippen LogP contribution in [0.1, 0.15) is 12.5 Å². The molecule has 0 spiro atoms. The Morgan fingerprint density at radius 1 is 1.15 bits per heavy atom. The van der Waals surface area contributed by atoms with Crippen LogP contribution in [0.15, 0.2) is 30.3 Å². The predicted molar refractivity (Wildman–Crippen MR) is 60.5 cm³/mol. The fraction of sp³-hybridized carbons (Fsp3) is 0.400. The van der Waals surface area contributed by atoms with E-state index >= 15 is 0 Å². The van der Waals surface area contributed by atoms with Crippen LogP contribution in [0.25, 0.3) is 0 Å². The van der Waals surface area contributed by atoms with Crippen molar-refractivity contribution >= 4 is 23.2 Å². The van der Waals surface area contributed by atoms with Crippen LogP contribution in [0.5, 0.6) is 0 Å². The van der Waals surface area contributed by atoms with Crippen molar-refractivity contribution in [3.8, 4) is 0 Å². The molecule has 1 nitrogen and oxygen atoms in total. The fourth-order valence-corrected chi connectivity index (χ4v) is 0.534. The zero-order valence-corrected chi connectivity index (χ0v) is 9.52. The van der Waals surface area contributed by atoms with Gasteiger partial charge in [-0.25, -0.2) is 0 Å². The maximum Gasteiger partial charge on any atom is 0.0967 e. The third-order valence-corrected chi connectivity index (χ3v) is 0.940.